The summed E-state index contributed by atoms with van der Waals surface area (Å²) in [4.78, 5) is 12.1. The molecule has 106 valence electrons. The van der Waals surface area contributed by atoms with Gasteiger partial charge in [0.25, 0.3) is 0 Å². The predicted octanol–water partition coefficient (Wildman–Crippen LogP) is 1.77. The minimum Gasteiger partial charge on any atom is -0.510 e. The lowest BCUT2D eigenvalue weighted by Crippen LogP contribution is -2.26. The molecule has 0 bridgehead atoms. The molecule has 0 aliphatic rings. The Kier molecular flexibility index (Phi) is 3.74. The molecule has 6 nitrogen and oxygen atoms in total. The number of benzene rings is 1. The molecule has 1 aromatic carbocycles. The first-order chi connectivity index (χ1) is 9.28. The highest BCUT2D eigenvalue weighted by Gasteiger charge is 2.22. The lowest BCUT2D eigenvalue weighted by molar-refractivity contribution is 0.0543. The molecular weight excluding hydrogens is 261 g/mol. The predicted molar refractivity (Wildman–Crippen MR) is 74.4 cm³/mol. The molecule has 0 fully saturated rings. The summed E-state index contributed by atoms with van der Waals surface area (Å²) < 4.78 is 11.4. The van der Waals surface area contributed by atoms with E-state index in [-0.39, 0.29) is 5.75 Å². The van der Waals surface area contributed by atoms with E-state index < -0.39 is 19.0 Å². The quantitative estimate of drug-likeness (QED) is 0.818. The summed E-state index contributed by atoms with van der Waals surface area (Å²) in [5.74, 6) is 0.196. The molecular formula is C13H16BNO5. The van der Waals surface area contributed by atoms with Crippen molar-refractivity contribution in [2.45, 2.75) is 26.4 Å². The maximum absolute atomic E-state index is 12.1. The van der Waals surface area contributed by atoms with Gasteiger partial charge in [-0.2, -0.15) is 0 Å². The Morgan fingerprint density at radius 1 is 1.25 bits per heavy atom. The molecule has 0 amide bonds. The smallest absolute Gasteiger partial charge is 0.510 e. The van der Waals surface area contributed by atoms with Crippen molar-refractivity contribution in [3.8, 4) is 5.75 Å². The molecule has 2 rings (SSSR count). The fourth-order valence-electron chi connectivity index (χ4n) is 1.82. The van der Waals surface area contributed by atoms with Crippen LogP contribution in [0.4, 0.5) is 4.79 Å². The van der Waals surface area contributed by atoms with E-state index in [1.807, 2.05) is 0 Å². The van der Waals surface area contributed by atoms with Gasteiger partial charge >= 0.3 is 13.4 Å². The van der Waals surface area contributed by atoms with Crippen molar-refractivity contribution in [3.63, 3.8) is 0 Å². The van der Waals surface area contributed by atoms with Crippen LogP contribution in [0.2, 0.25) is 0 Å². The maximum atomic E-state index is 12.1. The number of aromatic nitrogens is 1. The second-order valence-corrected chi connectivity index (χ2v) is 5.30. The van der Waals surface area contributed by atoms with Crippen LogP contribution in [0.1, 0.15) is 20.8 Å². The molecule has 0 aliphatic carbocycles. The molecule has 0 unspecified atom stereocenters. The van der Waals surface area contributed by atoms with Crippen molar-refractivity contribution in [1.29, 1.82) is 0 Å². The largest absolute Gasteiger partial charge is 0.707 e. The molecule has 0 spiro atoms. The number of nitrogens with zero attached hydrogens (tertiary/aromatic N) is 1. The van der Waals surface area contributed by atoms with E-state index in [0.717, 1.165) is 0 Å². The Bertz CT molecular complexity index is 629. The maximum Gasteiger partial charge on any atom is 0.707 e. The normalized spacial score (nSPS) is 11.4. The summed E-state index contributed by atoms with van der Waals surface area (Å²) in [5, 5.41) is 18.4. The van der Waals surface area contributed by atoms with Crippen molar-refractivity contribution in [2.24, 2.45) is 0 Å². The van der Waals surface area contributed by atoms with Gasteiger partial charge in [0.05, 0.1) is 11.7 Å². The van der Waals surface area contributed by atoms with Crippen molar-refractivity contribution in [3.05, 3.63) is 30.5 Å². The zero-order valence-corrected chi connectivity index (χ0v) is 11.5. The molecule has 20 heavy (non-hydrogen) atoms. The van der Waals surface area contributed by atoms with Crippen LogP contribution in [0.15, 0.2) is 30.5 Å². The van der Waals surface area contributed by atoms with Gasteiger partial charge in [-0.15, -0.1) is 0 Å². The molecule has 1 aromatic heterocycles. The van der Waals surface area contributed by atoms with Gasteiger partial charge in [-0.1, -0.05) is 12.1 Å². The Balaban J connectivity index is 2.46. The topological polar surface area (TPSA) is 80.9 Å². The van der Waals surface area contributed by atoms with E-state index in [1.165, 1.54) is 10.8 Å². The van der Waals surface area contributed by atoms with Gasteiger partial charge in [-0.25, -0.2) is 9.36 Å². The lowest BCUT2D eigenvalue weighted by atomic mass is 10.2. The van der Waals surface area contributed by atoms with Crippen LogP contribution >= 0.6 is 0 Å². The fourth-order valence-corrected chi connectivity index (χ4v) is 1.82. The van der Waals surface area contributed by atoms with Crippen molar-refractivity contribution in [2.75, 3.05) is 0 Å². The van der Waals surface area contributed by atoms with Gasteiger partial charge in [-0.05, 0) is 32.9 Å². The molecule has 2 aromatic rings. The van der Waals surface area contributed by atoms with Gasteiger partial charge in [0, 0.05) is 5.39 Å². The van der Waals surface area contributed by atoms with Crippen LogP contribution < -0.4 is 4.65 Å². The van der Waals surface area contributed by atoms with Crippen molar-refractivity contribution < 1.29 is 24.2 Å². The first kappa shape index (κ1) is 14.4. The van der Waals surface area contributed by atoms with E-state index in [0.29, 0.717) is 10.9 Å². The molecule has 0 saturated carbocycles. The van der Waals surface area contributed by atoms with Crippen LogP contribution in [-0.2, 0) is 4.74 Å². The average Bonchev–Trinajstić information content (AvgIpc) is 2.66. The number of hydrogen-bond donors (Lipinski definition) is 2. The summed E-state index contributed by atoms with van der Waals surface area (Å²) in [6, 6.07) is 6.96. The van der Waals surface area contributed by atoms with Crippen LogP contribution in [0.25, 0.3) is 10.9 Å². The highest BCUT2D eigenvalue weighted by molar-refractivity contribution is 6.34. The number of hydrogen-bond acceptors (Lipinski definition) is 5. The van der Waals surface area contributed by atoms with E-state index in [4.69, 9.17) is 19.4 Å². The van der Waals surface area contributed by atoms with E-state index in [1.54, 1.807) is 45.0 Å². The Labute approximate surface area is 116 Å². The van der Waals surface area contributed by atoms with Crippen LogP contribution in [0.3, 0.4) is 0 Å². The van der Waals surface area contributed by atoms with E-state index in [2.05, 4.69) is 0 Å². The van der Waals surface area contributed by atoms with Gasteiger partial charge in [0.2, 0.25) is 0 Å². The Morgan fingerprint density at radius 3 is 2.50 bits per heavy atom. The number of carbonyl (C=O) groups excluding carboxylic acids is 1. The summed E-state index contributed by atoms with van der Waals surface area (Å²) in [6.45, 7) is 5.31. The van der Waals surface area contributed by atoms with Crippen molar-refractivity contribution >= 4 is 24.3 Å². The Morgan fingerprint density at radius 2 is 1.90 bits per heavy atom. The van der Waals surface area contributed by atoms with Gasteiger partial charge in [0.1, 0.15) is 11.4 Å². The van der Waals surface area contributed by atoms with E-state index >= 15 is 0 Å². The molecule has 0 radical (unpaired) electrons. The molecule has 2 N–H and O–H groups in total. The minimum atomic E-state index is -1.95. The number of rotatable bonds is 2. The third-order valence-corrected chi connectivity index (χ3v) is 2.50. The average molecular weight is 277 g/mol. The second kappa shape index (κ2) is 5.18. The van der Waals surface area contributed by atoms with E-state index in [9.17, 15) is 4.79 Å². The molecule has 0 atom stereocenters. The lowest BCUT2D eigenvalue weighted by Gasteiger charge is -2.19. The van der Waals surface area contributed by atoms with Crippen LogP contribution in [0.5, 0.6) is 5.75 Å². The molecule has 1 heterocycles. The summed E-state index contributed by atoms with van der Waals surface area (Å²) in [6.07, 6.45) is 0.814. The van der Waals surface area contributed by atoms with Crippen LogP contribution in [-0.4, -0.2) is 33.6 Å². The standard InChI is InChI=1S/C13H16BNO5/c1-13(2,3)19-12(16)15-8-11(20-14(17)18)9-6-4-5-7-10(9)15/h4-8,17-18H,1-3H3. The Hall–Kier alpha value is -1.99. The second-order valence-electron chi connectivity index (χ2n) is 5.30. The summed E-state index contributed by atoms with van der Waals surface area (Å²) in [5.41, 5.74) is -0.0580. The summed E-state index contributed by atoms with van der Waals surface area (Å²) in [7, 11) is -1.95. The molecule has 0 aliphatic heterocycles. The zero-order valence-electron chi connectivity index (χ0n) is 11.5. The number of carbonyl (C=O) groups is 1. The zero-order chi connectivity index (χ0) is 14.9. The number of ether oxygens (including phenoxy) is 1. The van der Waals surface area contributed by atoms with Crippen LogP contribution in [0, 0.1) is 0 Å². The fraction of sp³-hybridized carbons (Fsp3) is 0.308. The monoisotopic (exact) mass is 277 g/mol. The number of fused-ring (bicyclic) bond motifs is 1. The first-order valence-electron chi connectivity index (χ1n) is 6.14. The van der Waals surface area contributed by atoms with Gasteiger partial charge in [0.15, 0.2) is 0 Å². The highest BCUT2D eigenvalue weighted by Crippen LogP contribution is 2.28. The van der Waals surface area contributed by atoms with Gasteiger partial charge < -0.3 is 19.4 Å². The minimum absolute atomic E-state index is 0.196. The molecule has 7 heteroatoms. The van der Waals surface area contributed by atoms with Crippen molar-refractivity contribution in [1.82, 2.24) is 4.57 Å². The van der Waals surface area contributed by atoms with Gasteiger partial charge in [-0.3, -0.25) is 0 Å². The SMILES string of the molecule is CC(C)(C)OC(=O)n1cc(OB(O)O)c2ccccc21. The third-order valence-electron chi connectivity index (χ3n) is 2.50. The third kappa shape index (κ3) is 3.12. The number of para-hydroxylation sites is 1. The summed E-state index contributed by atoms with van der Waals surface area (Å²) >= 11 is 0. The first-order valence-corrected chi connectivity index (χ1v) is 6.14. The molecule has 0 saturated heterocycles. The highest BCUT2D eigenvalue weighted by atomic mass is 16.6.